The van der Waals surface area contributed by atoms with E-state index in [1.807, 2.05) is 11.3 Å². The molecule has 0 aliphatic heterocycles. The maximum absolute atomic E-state index is 12.0. The van der Waals surface area contributed by atoms with E-state index in [9.17, 15) is 4.79 Å². The number of carbonyl (C=O) groups excluding carboxylic acids is 1. The number of thiophene rings is 1. The van der Waals surface area contributed by atoms with Crippen molar-refractivity contribution in [1.29, 1.82) is 0 Å². The van der Waals surface area contributed by atoms with Crippen molar-refractivity contribution in [2.75, 3.05) is 7.05 Å². The molecule has 2 atom stereocenters. The molecule has 118 valence electrons. The molecule has 21 heavy (non-hydrogen) atoms. The van der Waals surface area contributed by atoms with Gasteiger partial charge in [-0.3, -0.25) is 10.1 Å². The highest BCUT2D eigenvalue weighted by Crippen LogP contribution is 2.33. The van der Waals surface area contributed by atoms with Gasteiger partial charge in [0.15, 0.2) is 0 Å². The van der Waals surface area contributed by atoms with Crippen molar-refractivity contribution in [3.05, 3.63) is 21.4 Å². The molecule has 1 aliphatic carbocycles. The predicted molar refractivity (Wildman–Crippen MR) is 89.8 cm³/mol. The van der Waals surface area contributed by atoms with Crippen LogP contribution in [0.1, 0.15) is 61.4 Å². The summed E-state index contributed by atoms with van der Waals surface area (Å²) in [4.78, 5) is 15.0. The molecule has 0 fully saturated rings. The van der Waals surface area contributed by atoms with Crippen molar-refractivity contribution in [1.82, 2.24) is 10.6 Å². The zero-order valence-electron chi connectivity index (χ0n) is 13.7. The van der Waals surface area contributed by atoms with E-state index in [1.165, 1.54) is 36.1 Å². The number of rotatable bonds is 6. The standard InChI is InChI=1S/C17H28N2OS/c1-11(2)9-14(17(20)18-4)19-12(3)16-10-13-7-5-6-8-15(13)21-16/h10-12,14,19H,5-9H2,1-4H3,(H,18,20). The zero-order valence-corrected chi connectivity index (χ0v) is 14.5. The quantitative estimate of drug-likeness (QED) is 0.845. The Balaban J connectivity index is 2.05. The van der Waals surface area contributed by atoms with E-state index in [4.69, 9.17) is 0 Å². The van der Waals surface area contributed by atoms with Crippen molar-refractivity contribution in [2.45, 2.75) is 65.0 Å². The number of hydrogen-bond donors (Lipinski definition) is 2. The number of aryl methyl sites for hydroxylation is 2. The highest BCUT2D eigenvalue weighted by molar-refractivity contribution is 7.12. The molecule has 0 saturated heterocycles. The summed E-state index contributed by atoms with van der Waals surface area (Å²) >= 11 is 1.93. The van der Waals surface area contributed by atoms with Gasteiger partial charge in [0.25, 0.3) is 0 Å². The third-order valence-corrected chi connectivity index (χ3v) is 5.58. The first-order valence-corrected chi connectivity index (χ1v) is 8.92. The SMILES string of the molecule is CNC(=O)C(CC(C)C)NC(C)c1cc2c(s1)CCCC2. The van der Waals surface area contributed by atoms with Gasteiger partial charge in [-0.15, -0.1) is 11.3 Å². The normalized spacial score (nSPS) is 17.4. The number of nitrogens with one attached hydrogen (secondary N) is 2. The molecule has 0 radical (unpaired) electrons. The van der Waals surface area contributed by atoms with E-state index in [0.717, 1.165) is 6.42 Å². The summed E-state index contributed by atoms with van der Waals surface area (Å²) in [6.07, 6.45) is 5.97. The maximum atomic E-state index is 12.0. The average Bonchev–Trinajstić information content (AvgIpc) is 2.89. The summed E-state index contributed by atoms with van der Waals surface area (Å²) in [5.41, 5.74) is 1.54. The molecule has 1 aromatic rings. The molecule has 1 heterocycles. The largest absolute Gasteiger partial charge is 0.358 e. The van der Waals surface area contributed by atoms with Crippen LogP contribution >= 0.6 is 11.3 Å². The summed E-state index contributed by atoms with van der Waals surface area (Å²) in [6.45, 7) is 6.49. The lowest BCUT2D eigenvalue weighted by Gasteiger charge is -2.23. The molecule has 0 bridgehead atoms. The van der Waals surface area contributed by atoms with Crippen molar-refractivity contribution in [3.63, 3.8) is 0 Å². The highest BCUT2D eigenvalue weighted by atomic mass is 32.1. The fourth-order valence-corrected chi connectivity index (χ4v) is 4.28. The molecule has 2 unspecified atom stereocenters. The van der Waals surface area contributed by atoms with Crippen LogP contribution in [0.15, 0.2) is 6.07 Å². The fraction of sp³-hybridized carbons (Fsp3) is 0.706. The Hall–Kier alpha value is -0.870. The monoisotopic (exact) mass is 308 g/mol. The number of fused-ring (bicyclic) bond motifs is 1. The van der Waals surface area contributed by atoms with Crippen LogP contribution in [0.4, 0.5) is 0 Å². The smallest absolute Gasteiger partial charge is 0.236 e. The van der Waals surface area contributed by atoms with Gasteiger partial charge < -0.3 is 5.32 Å². The Labute approximate surface area is 132 Å². The van der Waals surface area contributed by atoms with Crippen LogP contribution in [-0.2, 0) is 17.6 Å². The van der Waals surface area contributed by atoms with Crippen LogP contribution in [0.5, 0.6) is 0 Å². The molecule has 1 aromatic heterocycles. The molecule has 1 aliphatic rings. The fourth-order valence-electron chi connectivity index (χ4n) is 3.01. The van der Waals surface area contributed by atoms with Gasteiger partial charge in [-0.2, -0.15) is 0 Å². The molecule has 2 N–H and O–H groups in total. The van der Waals surface area contributed by atoms with Gasteiger partial charge in [0.05, 0.1) is 6.04 Å². The van der Waals surface area contributed by atoms with E-state index < -0.39 is 0 Å². The Bertz CT molecular complexity index is 458. The van der Waals surface area contributed by atoms with Gasteiger partial charge in [0, 0.05) is 22.8 Å². The lowest BCUT2D eigenvalue weighted by molar-refractivity contribution is -0.123. The van der Waals surface area contributed by atoms with Crippen molar-refractivity contribution >= 4 is 17.2 Å². The van der Waals surface area contributed by atoms with E-state index in [-0.39, 0.29) is 18.0 Å². The van der Waals surface area contributed by atoms with Crippen LogP contribution in [-0.4, -0.2) is 19.0 Å². The number of carbonyl (C=O) groups is 1. The molecular weight excluding hydrogens is 280 g/mol. The van der Waals surface area contributed by atoms with Crippen LogP contribution < -0.4 is 10.6 Å². The molecule has 2 rings (SSSR count). The first kappa shape index (κ1) is 16.5. The van der Waals surface area contributed by atoms with Crippen LogP contribution in [0.3, 0.4) is 0 Å². The van der Waals surface area contributed by atoms with E-state index in [1.54, 1.807) is 11.9 Å². The molecule has 1 amide bonds. The third kappa shape index (κ3) is 4.30. The lowest BCUT2D eigenvalue weighted by Crippen LogP contribution is -2.44. The summed E-state index contributed by atoms with van der Waals surface area (Å²) in [5, 5.41) is 6.30. The topological polar surface area (TPSA) is 41.1 Å². The van der Waals surface area contributed by atoms with Gasteiger partial charge in [0.2, 0.25) is 5.91 Å². The highest BCUT2D eigenvalue weighted by Gasteiger charge is 2.23. The second kappa shape index (κ2) is 7.41. The van der Waals surface area contributed by atoms with E-state index in [2.05, 4.69) is 37.5 Å². The number of likely N-dealkylation sites (N-methyl/N-ethyl adjacent to an activating group) is 1. The van der Waals surface area contributed by atoms with Crippen molar-refractivity contribution in [2.24, 2.45) is 5.92 Å². The molecule has 4 heteroatoms. The van der Waals surface area contributed by atoms with E-state index in [0.29, 0.717) is 5.92 Å². The van der Waals surface area contributed by atoms with E-state index >= 15 is 0 Å². The van der Waals surface area contributed by atoms with Gasteiger partial charge in [-0.25, -0.2) is 0 Å². The molecule has 0 spiro atoms. The first-order valence-electron chi connectivity index (χ1n) is 8.10. The zero-order chi connectivity index (χ0) is 15.4. The van der Waals surface area contributed by atoms with Gasteiger partial charge in [-0.1, -0.05) is 13.8 Å². The van der Waals surface area contributed by atoms with Gasteiger partial charge in [0.1, 0.15) is 0 Å². The maximum Gasteiger partial charge on any atom is 0.236 e. The number of hydrogen-bond acceptors (Lipinski definition) is 3. The summed E-state index contributed by atoms with van der Waals surface area (Å²) in [5.74, 6) is 0.598. The Morgan fingerprint density at radius 3 is 2.62 bits per heavy atom. The third-order valence-electron chi connectivity index (χ3n) is 4.16. The average molecular weight is 308 g/mol. The van der Waals surface area contributed by atoms with Crippen LogP contribution in [0, 0.1) is 5.92 Å². The van der Waals surface area contributed by atoms with Gasteiger partial charge >= 0.3 is 0 Å². The summed E-state index contributed by atoms with van der Waals surface area (Å²) in [7, 11) is 1.71. The second-order valence-electron chi connectivity index (χ2n) is 6.49. The minimum Gasteiger partial charge on any atom is -0.358 e. The summed E-state index contributed by atoms with van der Waals surface area (Å²) in [6, 6.07) is 2.48. The van der Waals surface area contributed by atoms with Crippen LogP contribution in [0.2, 0.25) is 0 Å². The molecular formula is C17H28N2OS. The second-order valence-corrected chi connectivity index (χ2v) is 7.66. The minimum absolute atomic E-state index is 0.0943. The van der Waals surface area contributed by atoms with Crippen LogP contribution in [0.25, 0.3) is 0 Å². The Kier molecular flexibility index (Phi) is 5.82. The first-order chi connectivity index (χ1) is 10.0. The Morgan fingerprint density at radius 1 is 1.29 bits per heavy atom. The molecule has 3 nitrogen and oxygen atoms in total. The molecule has 0 saturated carbocycles. The number of amides is 1. The Morgan fingerprint density at radius 2 is 2.00 bits per heavy atom. The predicted octanol–water partition coefficient (Wildman–Crippen LogP) is 3.44. The van der Waals surface area contributed by atoms with Gasteiger partial charge in [-0.05, 0) is 56.6 Å². The van der Waals surface area contributed by atoms with Crippen molar-refractivity contribution < 1.29 is 4.79 Å². The molecule has 0 aromatic carbocycles. The summed E-state index contributed by atoms with van der Waals surface area (Å²) < 4.78 is 0. The minimum atomic E-state index is -0.107. The van der Waals surface area contributed by atoms with Crippen molar-refractivity contribution in [3.8, 4) is 0 Å². The lowest BCUT2D eigenvalue weighted by atomic mass is 9.98.